The van der Waals surface area contributed by atoms with Crippen LogP contribution in [0.3, 0.4) is 0 Å². The number of carbonyl (C=O) groups is 4. The van der Waals surface area contributed by atoms with Gasteiger partial charge in [-0.3, -0.25) is 15.0 Å². The standard InChI is InChI=1S/C25H39N7O7/c1-25(2,3)39-23(36)28-12-11-17(31-24(37)38-15-16-8-5-4-6-9-16)20(34)29-14-19(33)30-18-10-7-13-32(21(18)35)22(26)27/h4-6,8-9,17-18,21,35H,7,10-15H2,1-3H3,(H3,26,27)(H,28,36)(H,29,34)(H,30,33)(H,31,37)/t17-,18+,21?/m1/s1. The number of guanidine groups is 1. The molecule has 4 amide bonds. The van der Waals surface area contributed by atoms with E-state index in [9.17, 15) is 24.3 Å². The number of carbonyl (C=O) groups excluding carboxylic acids is 4. The van der Waals surface area contributed by atoms with Gasteiger partial charge in [0.25, 0.3) is 0 Å². The number of alkyl carbamates (subject to hydrolysis) is 2. The Kier molecular flexibility index (Phi) is 11.8. The lowest BCUT2D eigenvalue weighted by atomic mass is 10.0. The second-order valence-corrected chi connectivity index (χ2v) is 10.0. The molecule has 1 unspecified atom stereocenters. The highest BCUT2D eigenvalue weighted by molar-refractivity contribution is 5.89. The zero-order valence-electron chi connectivity index (χ0n) is 22.5. The molecule has 8 N–H and O–H groups in total. The van der Waals surface area contributed by atoms with Crippen LogP contribution in [-0.2, 0) is 25.7 Å². The van der Waals surface area contributed by atoms with Gasteiger partial charge in [-0.1, -0.05) is 30.3 Å². The number of rotatable bonds is 10. The first kappa shape index (κ1) is 31.1. The Labute approximate surface area is 227 Å². The predicted molar refractivity (Wildman–Crippen MR) is 141 cm³/mol. The van der Waals surface area contributed by atoms with Crippen LogP contribution in [0.5, 0.6) is 0 Å². The molecule has 14 nitrogen and oxygen atoms in total. The lowest BCUT2D eigenvalue weighted by Gasteiger charge is -2.38. The summed E-state index contributed by atoms with van der Waals surface area (Å²) in [5, 5.41) is 27.9. The maximum absolute atomic E-state index is 12.9. The Morgan fingerprint density at radius 3 is 2.49 bits per heavy atom. The topological polar surface area (TPSA) is 208 Å². The molecule has 216 valence electrons. The highest BCUT2D eigenvalue weighted by atomic mass is 16.6. The molecule has 1 aromatic carbocycles. The predicted octanol–water partition coefficient (Wildman–Crippen LogP) is 0.105. The smallest absolute Gasteiger partial charge is 0.408 e. The number of hydrogen-bond donors (Lipinski definition) is 7. The molecule has 0 spiro atoms. The van der Waals surface area contributed by atoms with Gasteiger partial charge in [-0.25, -0.2) is 9.59 Å². The number of likely N-dealkylation sites (tertiary alicyclic amines) is 1. The third kappa shape index (κ3) is 11.5. The molecule has 0 aliphatic carbocycles. The molecular weight excluding hydrogens is 510 g/mol. The quantitative estimate of drug-likeness (QED) is 0.156. The largest absolute Gasteiger partial charge is 0.445 e. The summed E-state index contributed by atoms with van der Waals surface area (Å²) < 4.78 is 10.4. The molecule has 39 heavy (non-hydrogen) atoms. The molecule has 3 atom stereocenters. The van der Waals surface area contributed by atoms with Crippen molar-refractivity contribution < 1.29 is 33.8 Å². The zero-order chi connectivity index (χ0) is 29.0. The fourth-order valence-electron chi connectivity index (χ4n) is 3.75. The Hall–Kier alpha value is -4.07. The minimum atomic E-state index is -1.16. The Balaban J connectivity index is 1.91. The summed E-state index contributed by atoms with van der Waals surface area (Å²) in [7, 11) is 0. The average Bonchev–Trinajstić information content (AvgIpc) is 2.86. The van der Waals surface area contributed by atoms with Crippen LogP contribution in [0.4, 0.5) is 9.59 Å². The number of amides is 4. The van der Waals surface area contributed by atoms with E-state index in [1.54, 1.807) is 45.0 Å². The number of nitrogens with one attached hydrogen (secondary N) is 5. The molecule has 1 aliphatic rings. The molecular formula is C25H39N7O7. The number of aliphatic hydroxyl groups excluding tert-OH is 1. The van der Waals surface area contributed by atoms with Crippen molar-refractivity contribution in [3.05, 3.63) is 35.9 Å². The molecule has 0 bridgehead atoms. The lowest BCUT2D eigenvalue weighted by molar-refractivity contribution is -0.128. The van der Waals surface area contributed by atoms with E-state index in [2.05, 4.69) is 21.3 Å². The van der Waals surface area contributed by atoms with Gasteiger partial charge in [0, 0.05) is 13.1 Å². The number of benzene rings is 1. The van der Waals surface area contributed by atoms with Crippen molar-refractivity contribution in [1.29, 1.82) is 5.41 Å². The summed E-state index contributed by atoms with van der Waals surface area (Å²) in [6.45, 7) is 5.07. The van der Waals surface area contributed by atoms with E-state index in [4.69, 9.17) is 20.6 Å². The minimum Gasteiger partial charge on any atom is -0.445 e. The van der Waals surface area contributed by atoms with Crippen LogP contribution in [0.2, 0.25) is 0 Å². The fraction of sp³-hybridized carbons (Fsp3) is 0.560. The van der Waals surface area contributed by atoms with Crippen molar-refractivity contribution in [3.63, 3.8) is 0 Å². The van der Waals surface area contributed by atoms with Gasteiger partial charge in [0.1, 0.15) is 24.5 Å². The molecule has 14 heteroatoms. The summed E-state index contributed by atoms with van der Waals surface area (Å²) in [6.07, 6.45) is -1.63. The van der Waals surface area contributed by atoms with Gasteiger partial charge in [-0.05, 0) is 45.6 Å². The molecule has 2 rings (SSSR count). The SMILES string of the molecule is CC(C)(C)OC(=O)NCC[C@@H](NC(=O)OCc1ccccc1)C(=O)NCC(=O)N[C@H]1CCCN(C(=N)N)C1O. The molecule has 0 saturated carbocycles. The molecule has 0 aromatic heterocycles. The molecule has 1 heterocycles. The number of nitrogens with zero attached hydrogens (tertiary/aromatic N) is 1. The third-order valence-corrected chi connectivity index (χ3v) is 5.59. The van der Waals surface area contributed by atoms with Gasteiger partial charge in [0.05, 0.1) is 12.6 Å². The molecule has 1 aliphatic heterocycles. The van der Waals surface area contributed by atoms with Gasteiger partial charge in [0.15, 0.2) is 5.96 Å². The van der Waals surface area contributed by atoms with E-state index >= 15 is 0 Å². The first-order chi connectivity index (χ1) is 18.4. The van der Waals surface area contributed by atoms with Crippen molar-refractivity contribution in [2.75, 3.05) is 19.6 Å². The van der Waals surface area contributed by atoms with Gasteiger partial charge in [-0.15, -0.1) is 0 Å². The molecule has 1 fully saturated rings. The van der Waals surface area contributed by atoms with E-state index in [-0.39, 0.29) is 25.5 Å². The number of piperidine rings is 1. The lowest BCUT2D eigenvalue weighted by Crippen LogP contribution is -2.59. The van der Waals surface area contributed by atoms with E-state index in [0.29, 0.717) is 19.4 Å². The van der Waals surface area contributed by atoms with E-state index in [0.717, 1.165) is 5.56 Å². The summed E-state index contributed by atoms with van der Waals surface area (Å²) in [5.41, 5.74) is 5.51. The van der Waals surface area contributed by atoms with Gasteiger partial charge in [-0.2, -0.15) is 0 Å². The highest BCUT2D eigenvalue weighted by Crippen LogP contribution is 2.15. The minimum absolute atomic E-state index is 0.00664. The summed E-state index contributed by atoms with van der Waals surface area (Å²) in [6, 6.07) is 7.16. The average molecular weight is 550 g/mol. The van der Waals surface area contributed by atoms with Crippen molar-refractivity contribution >= 4 is 30.0 Å². The van der Waals surface area contributed by atoms with Gasteiger partial charge < -0.3 is 46.5 Å². The monoisotopic (exact) mass is 549 g/mol. The Morgan fingerprint density at radius 1 is 1.15 bits per heavy atom. The number of nitrogens with two attached hydrogens (primary N) is 1. The van der Waals surface area contributed by atoms with Crippen LogP contribution < -0.4 is 27.0 Å². The summed E-state index contributed by atoms with van der Waals surface area (Å²) >= 11 is 0. The molecule has 1 aromatic rings. The number of ether oxygens (including phenoxy) is 2. The zero-order valence-corrected chi connectivity index (χ0v) is 22.5. The van der Waals surface area contributed by atoms with Crippen LogP contribution in [0.1, 0.15) is 45.6 Å². The van der Waals surface area contributed by atoms with Crippen LogP contribution in [0, 0.1) is 5.41 Å². The van der Waals surface area contributed by atoms with Crippen LogP contribution >= 0.6 is 0 Å². The van der Waals surface area contributed by atoms with E-state index in [1.165, 1.54) is 4.90 Å². The van der Waals surface area contributed by atoms with E-state index < -0.39 is 54.5 Å². The normalized spacial score (nSPS) is 17.8. The van der Waals surface area contributed by atoms with Crippen molar-refractivity contribution in [2.24, 2.45) is 5.73 Å². The maximum Gasteiger partial charge on any atom is 0.408 e. The number of aliphatic hydroxyl groups is 1. The van der Waals surface area contributed by atoms with Crippen LogP contribution in [0.15, 0.2) is 30.3 Å². The highest BCUT2D eigenvalue weighted by Gasteiger charge is 2.32. The maximum atomic E-state index is 12.9. The fourth-order valence-corrected chi connectivity index (χ4v) is 3.75. The molecule has 1 saturated heterocycles. The molecule has 0 radical (unpaired) electrons. The Morgan fingerprint density at radius 2 is 1.85 bits per heavy atom. The second kappa shape index (κ2) is 14.8. The van der Waals surface area contributed by atoms with Gasteiger partial charge >= 0.3 is 12.2 Å². The van der Waals surface area contributed by atoms with Crippen molar-refractivity contribution in [2.45, 2.75) is 70.6 Å². The first-order valence-corrected chi connectivity index (χ1v) is 12.7. The van der Waals surface area contributed by atoms with Gasteiger partial charge in [0.2, 0.25) is 11.8 Å². The summed E-state index contributed by atoms with van der Waals surface area (Å²) in [5.74, 6) is -1.56. The first-order valence-electron chi connectivity index (χ1n) is 12.7. The van der Waals surface area contributed by atoms with E-state index in [1.807, 2.05) is 6.07 Å². The summed E-state index contributed by atoms with van der Waals surface area (Å²) in [4.78, 5) is 50.9. The third-order valence-electron chi connectivity index (χ3n) is 5.59. The second-order valence-electron chi connectivity index (χ2n) is 10.0. The van der Waals surface area contributed by atoms with Crippen LogP contribution in [-0.4, -0.2) is 83.5 Å². The van der Waals surface area contributed by atoms with Crippen molar-refractivity contribution in [1.82, 2.24) is 26.2 Å². The number of hydrogen-bond acceptors (Lipinski definition) is 8. The van der Waals surface area contributed by atoms with Crippen LogP contribution in [0.25, 0.3) is 0 Å². The van der Waals surface area contributed by atoms with Crippen molar-refractivity contribution in [3.8, 4) is 0 Å². The Bertz CT molecular complexity index is 1000.